The number of hydrogen-bond acceptors (Lipinski definition) is 1. The highest BCUT2D eigenvalue weighted by Crippen LogP contribution is 2.12. The Morgan fingerprint density at radius 2 is 1.90 bits per heavy atom. The lowest BCUT2D eigenvalue weighted by Gasteiger charge is -2.12. The molecule has 0 bridgehead atoms. The van der Waals surface area contributed by atoms with Crippen molar-refractivity contribution in [2.24, 2.45) is 0 Å². The summed E-state index contributed by atoms with van der Waals surface area (Å²) in [6, 6.07) is -0.0541. The van der Waals surface area contributed by atoms with Crippen LogP contribution >= 0.6 is 0 Å². The minimum Gasteiger partial charge on any atom is -0.306 e. The molecule has 1 nitrogen and oxygen atoms in total. The van der Waals surface area contributed by atoms with Crippen molar-refractivity contribution in [1.82, 2.24) is 5.32 Å². The third-order valence-corrected chi connectivity index (χ3v) is 1.26. The summed E-state index contributed by atoms with van der Waals surface area (Å²) < 4.78 is 34.5. The average molecular weight is 155 g/mol. The van der Waals surface area contributed by atoms with Gasteiger partial charge in [0.25, 0.3) is 0 Å². The zero-order chi connectivity index (χ0) is 8.20. The summed E-state index contributed by atoms with van der Waals surface area (Å²) in [5.41, 5.74) is 0. The summed E-state index contributed by atoms with van der Waals surface area (Å²) in [6.07, 6.45) is -3.36. The summed E-state index contributed by atoms with van der Waals surface area (Å²) in [5, 5.41) is 2.35. The standard InChI is InChI=1S/C6H12F3N/c1-3-5(2)10-4-6(7,8)9/h5,10H,3-4H2,1-2H3/t5-/m0/s1. The Bertz CT molecular complexity index is 89.5. The number of nitrogens with one attached hydrogen (secondary N) is 1. The fraction of sp³-hybridized carbons (Fsp3) is 1.00. The fourth-order valence-electron chi connectivity index (χ4n) is 0.434. The third kappa shape index (κ3) is 5.88. The quantitative estimate of drug-likeness (QED) is 0.656. The molecule has 0 aliphatic heterocycles. The van der Waals surface area contributed by atoms with Gasteiger partial charge in [-0.1, -0.05) is 6.92 Å². The molecule has 1 N–H and O–H groups in total. The number of rotatable bonds is 3. The molecule has 0 unspecified atom stereocenters. The molecule has 1 atom stereocenters. The van der Waals surface area contributed by atoms with Gasteiger partial charge in [-0.3, -0.25) is 0 Å². The minimum absolute atomic E-state index is 0.0541. The summed E-state index contributed by atoms with van der Waals surface area (Å²) in [5.74, 6) is 0. The van der Waals surface area contributed by atoms with E-state index in [1.54, 1.807) is 6.92 Å². The largest absolute Gasteiger partial charge is 0.401 e. The van der Waals surface area contributed by atoms with Crippen LogP contribution in [0.25, 0.3) is 0 Å². The van der Waals surface area contributed by atoms with Crippen molar-refractivity contribution in [2.45, 2.75) is 32.5 Å². The molecule has 0 spiro atoms. The van der Waals surface area contributed by atoms with Crippen LogP contribution in [0.15, 0.2) is 0 Å². The van der Waals surface area contributed by atoms with E-state index in [4.69, 9.17) is 0 Å². The zero-order valence-corrected chi connectivity index (χ0v) is 6.13. The Kier molecular flexibility index (Phi) is 3.71. The van der Waals surface area contributed by atoms with E-state index in [0.29, 0.717) is 0 Å². The Hall–Kier alpha value is -0.250. The first kappa shape index (κ1) is 9.75. The van der Waals surface area contributed by atoms with Crippen LogP contribution in [0, 0.1) is 0 Å². The molecule has 0 fully saturated rings. The summed E-state index contributed by atoms with van der Waals surface area (Å²) in [6.45, 7) is 2.68. The molecule has 0 saturated carbocycles. The Morgan fingerprint density at radius 1 is 1.40 bits per heavy atom. The van der Waals surface area contributed by atoms with E-state index in [0.717, 1.165) is 6.42 Å². The van der Waals surface area contributed by atoms with Crippen molar-refractivity contribution < 1.29 is 13.2 Å². The molecule has 4 heteroatoms. The number of alkyl halides is 3. The normalized spacial score (nSPS) is 15.3. The van der Waals surface area contributed by atoms with Crippen molar-refractivity contribution in [3.8, 4) is 0 Å². The lowest BCUT2D eigenvalue weighted by atomic mass is 10.3. The van der Waals surface area contributed by atoms with Gasteiger partial charge in [0.15, 0.2) is 0 Å². The van der Waals surface area contributed by atoms with E-state index in [-0.39, 0.29) is 6.04 Å². The molecule has 0 aromatic heterocycles. The first-order chi connectivity index (χ1) is 4.45. The maximum Gasteiger partial charge on any atom is 0.401 e. The Morgan fingerprint density at radius 3 is 2.20 bits per heavy atom. The van der Waals surface area contributed by atoms with Crippen LogP contribution in [0.5, 0.6) is 0 Å². The van der Waals surface area contributed by atoms with Crippen molar-refractivity contribution in [1.29, 1.82) is 0 Å². The van der Waals surface area contributed by atoms with Gasteiger partial charge in [-0.25, -0.2) is 0 Å². The van der Waals surface area contributed by atoms with Gasteiger partial charge in [-0.05, 0) is 13.3 Å². The van der Waals surface area contributed by atoms with E-state index in [9.17, 15) is 13.2 Å². The Balaban J connectivity index is 3.36. The van der Waals surface area contributed by atoms with Crippen LogP contribution < -0.4 is 5.32 Å². The van der Waals surface area contributed by atoms with E-state index in [2.05, 4.69) is 5.32 Å². The van der Waals surface area contributed by atoms with E-state index < -0.39 is 12.7 Å². The predicted octanol–water partition coefficient (Wildman–Crippen LogP) is 1.94. The maximum atomic E-state index is 11.5. The summed E-state index contributed by atoms with van der Waals surface area (Å²) in [7, 11) is 0. The van der Waals surface area contributed by atoms with Crippen LogP contribution in [0.2, 0.25) is 0 Å². The van der Waals surface area contributed by atoms with E-state index >= 15 is 0 Å². The van der Waals surface area contributed by atoms with Crippen LogP contribution in [0.1, 0.15) is 20.3 Å². The summed E-state index contributed by atoms with van der Waals surface area (Å²) >= 11 is 0. The molecule has 0 rings (SSSR count). The molecule has 0 aliphatic rings. The smallest absolute Gasteiger partial charge is 0.306 e. The highest BCUT2D eigenvalue weighted by Gasteiger charge is 2.26. The van der Waals surface area contributed by atoms with Gasteiger partial charge in [0.1, 0.15) is 0 Å². The minimum atomic E-state index is -4.08. The molecule has 0 heterocycles. The molecule has 0 radical (unpaired) electrons. The monoisotopic (exact) mass is 155 g/mol. The molecule has 10 heavy (non-hydrogen) atoms. The zero-order valence-electron chi connectivity index (χ0n) is 6.13. The average Bonchev–Trinajstić information content (AvgIpc) is 1.81. The van der Waals surface area contributed by atoms with Crippen LogP contribution in [-0.4, -0.2) is 18.8 Å². The van der Waals surface area contributed by atoms with E-state index in [1.165, 1.54) is 0 Å². The topological polar surface area (TPSA) is 12.0 Å². The van der Waals surface area contributed by atoms with Crippen molar-refractivity contribution in [3.63, 3.8) is 0 Å². The van der Waals surface area contributed by atoms with Gasteiger partial charge in [-0.15, -0.1) is 0 Å². The van der Waals surface area contributed by atoms with Gasteiger partial charge in [0.05, 0.1) is 6.54 Å². The second-order valence-electron chi connectivity index (χ2n) is 2.31. The van der Waals surface area contributed by atoms with Crippen LogP contribution in [0.4, 0.5) is 13.2 Å². The fourth-order valence-corrected chi connectivity index (χ4v) is 0.434. The maximum absolute atomic E-state index is 11.5. The van der Waals surface area contributed by atoms with Gasteiger partial charge < -0.3 is 5.32 Å². The second kappa shape index (κ2) is 3.81. The highest BCUT2D eigenvalue weighted by molar-refractivity contribution is 4.61. The molecular formula is C6H12F3N. The second-order valence-corrected chi connectivity index (χ2v) is 2.31. The highest BCUT2D eigenvalue weighted by atomic mass is 19.4. The SMILES string of the molecule is CC[C@H](C)NCC(F)(F)F. The molecule has 0 amide bonds. The predicted molar refractivity (Wildman–Crippen MR) is 33.8 cm³/mol. The van der Waals surface area contributed by atoms with Crippen LogP contribution in [-0.2, 0) is 0 Å². The number of hydrogen-bond donors (Lipinski definition) is 1. The van der Waals surface area contributed by atoms with Crippen molar-refractivity contribution in [3.05, 3.63) is 0 Å². The first-order valence-electron chi connectivity index (χ1n) is 3.26. The van der Waals surface area contributed by atoms with E-state index in [1.807, 2.05) is 6.92 Å². The van der Waals surface area contributed by atoms with Crippen LogP contribution in [0.3, 0.4) is 0 Å². The van der Waals surface area contributed by atoms with Crippen molar-refractivity contribution in [2.75, 3.05) is 6.54 Å². The molecule has 0 aromatic carbocycles. The van der Waals surface area contributed by atoms with Crippen molar-refractivity contribution >= 4 is 0 Å². The molecule has 0 aromatic rings. The van der Waals surface area contributed by atoms with Gasteiger partial charge >= 0.3 is 6.18 Å². The number of halogens is 3. The molecule has 0 saturated heterocycles. The van der Waals surface area contributed by atoms with Gasteiger partial charge in [0, 0.05) is 6.04 Å². The van der Waals surface area contributed by atoms with Gasteiger partial charge in [0.2, 0.25) is 0 Å². The van der Waals surface area contributed by atoms with Gasteiger partial charge in [-0.2, -0.15) is 13.2 Å². The molecule has 0 aliphatic carbocycles. The molecule has 62 valence electrons. The third-order valence-electron chi connectivity index (χ3n) is 1.26. The lowest BCUT2D eigenvalue weighted by molar-refractivity contribution is -0.126. The lowest BCUT2D eigenvalue weighted by Crippen LogP contribution is -2.34. The Labute approximate surface area is 58.6 Å². The molecular weight excluding hydrogens is 143 g/mol. The summed E-state index contributed by atoms with van der Waals surface area (Å²) in [4.78, 5) is 0. The first-order valence-corrected chi connectivity index (χ1v) is 3.26.